The van der Waals surface area contributed by atoms with Crippen molar-refractivity contribution in [3.05, 3.63) is 64.7 Å². The molecular formula is C20H24ClN3O2. The number of rotatable bonds is 5. The van der Waals surface area contributed by atoms with Gasteiger partial charge in [-0.3, -0.25) is 4.90 Å². The molecule has 1 aliphatic heterocycles. The van der Waals surface area contributed by atoms with E-state index in [-0.39, 0.29) is 6.03 Å². The van der Waals surface area contributed by atoms with Gasteiger partial charge in [0.05, 0.1) is 7.11 Å². The van der Waals surface area contributed by atoms with Crippen LogP contribution in [0.4, 0.5) is 4.79 Å². The highest BCUT2D eigenvalue weighted by molar-refractivity contribution is 6.30. The normalized spacial score (nSPS) is 14.9. The first-order valence-corrected chi connectivity index (χ1v) is 9.14. The number of carbonyl (C=O) groups excluding carboxylic acids is 1. The quantitative estimate of drug-likeness (QED) is 0.873. The second kappa shape index (κ2) is 8.92. The van der Waals surface area contributed by atoms with E-state index in [1.165, 1.54) is 5.56 Å². The molecule has 1 fully saturated rings. The van der Waals surface area contributed by atoms with Gasteiger partial charge in [0.2, 0.25) is 0 Å². The summed E-state index contributed by atoms with van der Waals surface area (Å²) >= 11 is 5.97. The van der Waals surface area contributed by atoms with Gasteiger partial charge in [0.1, 0.15) is 5.75 Å². The van der Waals surface area contributed by atoms with Crippen LogP contribution in [0.5, 0.6) is 5.75 Å². The van der Waals surface area contributed by atoms with E-state index in [9.17, 15) is 4.79 Å². The Morgan fingerprint density at radius 2 is 1.81 bits per heavy atom. The number of urea groups is 1. The number of carbonyl (C=O) groups is 1. The zero-order chi connectivity index (χ0) is 18.4. The van der Waals surface area contributed by atoms with E-state index in [1.54, 1.807) is 7.11 Å². The third kappa shape index (κ3) is 5.13. The topological polar surface area (TPSA) is 44.8 Å². The highest BCUT2D eigenvalue weighted by Crippen LogP contribution is 2.14. The van der Waals surface area contributed by atoms with Crippen LogP contribution in [-0.4, -0.2) is 49.1 Å². The molecule has 2 aromatic rings. The van der Waals surface area contributed by atoms with E-state index in [4.69, 9.17) is 16.3 Å². The van der Waals surface area contributed by atoms with Crippen LogP contribution in [0.1, 0.15) is 11.1 Å². The predicted octanol–water partition coefficient (Wildman–Crippen LogP) is 3.38. The summed E-state index contributed by atoms with van der Waals surface area (Å²) in [5.41, 5.74) is 2.26. The third-order valence-electron chi connectivity index (χ3n) is 4.56. The monoisotopic (exact) mass is 373 g/mol. The first-order chi connectivity index (χ1) is 12.6. The highest BCUT2D eigenvalue weighted by Gasteiger charge is 2.20. The Hall–Kier alpha value is -2.24. The predicted molar refractivity (Wildman–Crippen MR) is 104 cm³/mol. The summed E-state index contributed by atoms with van der Waals surface area (Å²) in [6.07, 6.45) is 0. The lowest BCUT2D eigenvalue weighted by Gasteiger charge is -2.34. The van der Waals surface area contributed by atoms with Crippen LogP contribution in [0.25, 0.3) is 0 Å². The van der Waals surface area contributed by atoms with Gasteiger partial charge in [-0.15, -0.1) is 0 Å². The SMILES string of the molecule is COc1ccc(CN2CCN(C(=O)NCc3cccc(Cl)c3)CC2)cc1. The van der Waals surface area contributed by atoms with Crippen molar-refractivity contribution in [3.8, 4) is 5.75 Å². The van der Waals surface area contributed by atoms with Gasteiger partial charge in [-0.1, -0.05) is 35.9 Å². The summed E-state index contributed by atoms with van der Waals surface area (Å²) in [4.78, 5) is 16.6. The summed E-state index contributed by atoms with van der Waals surface area (Å²) in [5, 5.41) is 3.65. The molecule has 1 saturated heterocycles. The largest absolute Gasteiger partial charge is 0.497 e. The zero-order valence-electron chi connectivity index (χ0n) is 15.0. The van der Waals surface area contributed by atoms with Crippen molar-refractivity contribution in [2.24, 2.45) is 0 Å². The van der Waals surface area contributed by atoms with Crippen molar-refractivity contribution >= 4 is 17.6 Å². The maximum Gasteiger partial charge on any atom is 0.317 e. The highest BCUT2D eigenvalue weighted by atomic mass is 35.5. The Morgan fingerprint density at radius 3 is 2.46 bits per heavy atom. The number of ether oxygens (including phenoxy) is 1. The fourth-order valence-corrected chi connectivity index (χ4v) is 3.25. The Bertz CT molecular complexity index is 728. The summed E-state index contributed by atoms with van der Waals surface area (Å²) in [6.45, 7) is 4.59. The third-order valence-corrected chi connectivity index (χ3v) is 4.79. The van der Waals surface area contributed by atoms with E-state index in [0.717, 1.165) is 44.0 Å². The molecule has 0 saturated carbocycles. The van der Waals surface area contributed by atoms with Crippen molar-refractivity contribution < 1.29 is 9.53 Å². The molecule has 0 unspecified atom stereocenters. The van der Waals surface area contributed by atoms with Crippen LogP contribution in [0.15, 0.2) is 48.5 Å². The minimum Gasteiger partial charge on any atom is -0.497 e. The molecule has 1 heterocycles. The summed E-state index contributed by atoms with van der Waals surface area (Å²) in [6, 6.07) is 15.7. The van der Waals surface area contributed by atoms with Crippen molar-refractivity contribution in [1.29, 1.82) is 0 Å². The van der Waals surface area contributed by atoms with Gasteiger partial charge in [0.25, 0.3) is 0 Å². The molecule has 2 aromatic carbocycles. The van der Waals surface area contributed by atoms with Crippen LogP contribution >= 0.6 is 11.6 Å². The van der Waals surface area contributed by atoms with E-state index >= 15 is 0 Å². The number of hydrogen-bond acceptors (Lipinski definition) is 3. The molecule has 0 bridgehead atoms. The molecule has 5 nitrogen and oxygen atoms in total. The fraction of sp³-hybridized carbons (Fsp3) is 0.350. The molecule has 1 aliphatic rings. The maximum atomic E-state index is 12.3. The molecule has 26 heavy (non-hydrogen) atoms. The summed E-state index contributed by atoms with van der Waals surface area (Å²) in [5.74, 6) is 0.870. The van der Waals surface area contributed by atoms with Crippen LogP contribution in [0, 0.1) is 0 Å². The van der Waals surface area contributed by atoms with Gasteiger partial charge in [-0.05, 0) is 35.4 Å². The number of nitrogens with zero attached hydrogens (tertiary/aromatic N) is 2. The van der Waals surface area contributed by atoms with Crippen molar-refractivity contribution in [2.75, 3.05) is 33.3 Å². The average Bonchev–Trinajstić information content (AvgIpc) is 2.67. The van der Waals surface area contributed by atoms with Crippen molar-refractivity contribution in [3.63, 3.8) is 0 Å². The number of amides is 2. The first-order valence-electron chi connectivity index (χ1n) is 8.76. The van der Waals surface area contributed by atoms with Crippen LogP contribution in [0.3, 0.4) is 0 Å². The number of hydrogen-bond donors (Lipinski definition) is 1. The average molecular weight is 374 g/mol. The molecule has 3 rings (SSSR count). The Kier molecular flexibility index (Phi) is 6.36. The van der Waals surface area contributed by atoms with E-state index < -0.39 is 0 Å². The molecule has 2 amide bonds. The van der Waals surface area contributed by atoms with Gasteiger partial charge < -0.3 is 15.0 Å². The standard InChI is InChI=1S/C20H24ClN3O2/c1-26-19-7-5-16(6-8-19)15-23-9-11-24(12-10-23)20(25)22-14-17-3-2-4-18(21)13-17/h2-8,13H,9-12,14-15H2,1H3,(H,22,25). The molecule has 6 heteroatoms. The van der Waals surface area contributed by atoms with E-state index in [0.29, 0.717) is 11.6 Å². The van der Waals surface area contributed by atoms with Crippen molar-refractivity contribution in [2.45, 2.75) is 13.1 Å². The zero-order valence-corrected chi connectivity index (χ0v) is 15.7. The lowest BCUT2D eigenvalue weighted by Crippen LogP contribution is -2.51. The van der Waals surface area contributed by atoms with Gasteiger partial charge in [-0.2, -0.15) is 0 Å². The number of halogens is 1. The van der Waals surface area contributed by atoms with E-state index in [1.807, 2.05) is 41.3 Å². The molecule has 0 aliphatic carbocycles. The lowest BCUT2D eigenvalue weighted by molar-refractivity contribution is 0.135. The van der Waals surface area contributed by atoms with Gasteiger partial charge in [0.15, 0.2) is 0 Å². The number of nitrogens with one attached hydrogen (secondary N) is 1. The second-order valence-corrected chi connectivity index (χ2v) is 6.84. The molecule has 1 N–H and O–H groups in total. The minimum absolute atomic E-state index is 0.0194. The molecule has 0 aromatic heterocycles. The van der Waals surface area contributed by atoms with Crippen LogP contribution in [0.2, 0.25) is 5.02 Å². The Labute approximate surface area is 159 Å². The van der Waals surface area contributed by atoms with Gasteiger partial charge in [-0.25, -0.2) is 4.79 Å². The molecule has 0 spiro atoms. The van der Waals surface area contributed by atoms with Crippen molar-refractivity contribution in [1.82, 2.24) is 15.1 Å². The molecule has 0 radical (unpaired) electrons. The summed E-state index contributed by atoms with van der Waals surface area (Å²) < 4.78 is 5.19. The molecule has 138 valence electrons. The maximum absolute atomic E-state index is 12.3. The minimum atomic E-state index is -0.0194. The van der Waals surface area contributed by atoms with E-state index in [2.05, 4.69) is 22.3 Å². The van der Waals surface area contributed by atoms with Crippen LogP contribution in [-0.2, 0) is 13.1 Å². The Balaban J connectivity index is 1.43. The van der Waals surface area contributed by atoms with Gasteiger partial charge >= 0.3 is 6.03 Å². The lowest BCUT2D eigenvalue weighted by atomic mass is 10.2. The first kappa shape index (κ1) is 18.5. The molecular weight excluding hydrogens is 350 g/mol. The summed E-state index contributed by atoms with van der Waals surface area (Å²) in [7, 11) is 1.67. The number of piperazine rings is 1. The second-order valence-electron chi connectivity index (χ2n) is 6.40. The molecule has 0 atom stereocenters. The number of benzene rings is 2. The number of methoxy groups -OCH3 is 1. The van der Waals surface area contributed by atoms with Gasteiger partial charge in [0, 0.05) is 44.3 Å². The fourth-order valence-electron chi connectivity index (χ4n) is 3.03. The smallest absolute Gasteiger partial charge is 0.317 e. The van der Waals surface area contributed by atoms with Crippen LogP contribution < -0.4 is 10.1 Å². The Morgan fingerprint density at radius 1 is 1.08 bits per heavy atom.